The maximum absolute atomic E-state index is 12.5. The summed E-state index contributed by atoms with van der Waals surface area (Å²) < 4.78 is 26.1. The van der Waals surface area contributed by atoms with Crippen molar-refractivity contribution in [2.45, 2.75) is 40.5 Å². The van der Waals surface area contributed by atoms with Gasteiger partial charge < -0.3 is 10.6 Å². The molecule has 2 aromatic carbocycles. The van der Waals surface area contributed by atoms with Crippen LogP contribution in [0.5, 0.6) is 0 Å². The van der Waals surface area contributed by atoms with Gasteiger partial charge >= 0.3 is 0 Å². The van der Waals surface area contributed by atoms with Crippen LogP contribution in [0, 0.1) is 19.8 Å². The van der Waals surface area contributed by atoms with Crippen LogP contribution in [0.3, 0.4) is 0 Å². The maximum atomic E-state index is 12.5. The third-order valence-electron chi connectivity index (χ3n) is 4.92. The standard InChI is InChI=1S/C24H33N3O4S/c1-17(2)16-25-24(29)20-9-6-7-10-21(20)26-23(28)11-8-14-27(32(5,30)31)22-15-18(3)12-13-19(22)4/h6-7,9-10,12-13,15,17H,8,11,14,16H2,1-5H3,(H,25,29)(H,26,28). The number of aryl methyl sites for hydroxylation is 2. The van der Waals surface area contributed by atoms with Gasteiger partial charge in [0.25, 0.3) is 5.91 Å². The molecular weight excluding hydrogens is 426 g/mol. The average molecular weight is 460 g/mol. The second-order valence-electron chi connectivity index (χ2n) is 8.43. The molecule has 32 heavy (non-hydrogen) atoms. The van der Waals surface area contributed by atoms with E-state index < -0.39 is 10.0 Å². The highest BCUT2D eigenvalue weighted by molar-refractivity contribution is 7.92. The van der Waals surface area contributed by atoms with Crippen molar-refractivity contribution in [2.75, 3.05) is 29.0 Å². The van der Waals surface area contributed by atoms with E-state index in [1.807, 2.05) is 45.9 Å². The Bertz CT molecular complexity index is 1060. The lowest BCUT2D eigenvalue weighted by Crippen LogP contribution is -2.32. The molecule has 0 saturated heterocycles. The summed E-state index contributed by atoms with van der Waals surface area (Å²) in [6.45, 7) is 8.51. The molecule has 2 rings (SSSR count). The molecule has 0 atom stereocenters. The summed E-state index contributed by atoms with van der Waals surface area (Å²) in [5.41, 5.74) is 3.28. The highest BCUT2D eigenvalue weighted by Gasteiger charge is 2.20. The minimum absolute atomic E-state index is 0.124. The molecule has 8 heteroatoms. The van der Waals surface area contributed by atoms with E-state index >= 15 is 0 Å². The van der Waals surface area contributed by atoms with Crippen molar-refractivity contribution in [1.29, 1.82) is 0 Å². The summed E-state index contributed by atoms with van der Waals surface area (Å²) in [5, 5.41) is 5.64. The van der Waals surface area contributed by atoms with Crippen LogP contribution in [0.2, 0.25) is 0 Å². The molecular formula is C24H33N3O4S. The number of carbonyl (C=O) groups excluding carboxylic acids is 2. The molecule has 0 radical (unpaired) electrons. The summed E-state index contributed by atoms with van der Waals surface area (Å²) in [6.07, 6.45) is 1.63. The number of hydrogen-bond donors (Lipinski definition) is 2. The number of nitrogens with zero attached hydrogens (tertiary/aromatic N) is 1. The molecule has 174 valence electrons. The Kier molecular flexibility index (Phi) is 8.83. The summed E-state index contributed by atoms with van der Waals surface area (Å²) in [6, 6.07) is 12.5. The lowest BCUT2D eigenvalue weighted by atomic mass is 10.1. The summed E-state index contributed by atoms with van der Waals surface area (Å²) in [7, 11) is -3.50. The zero-order valence-corrected chi connectivity index (χ0v) is 20.3. The Hall–Kier alpha value is -2.87. The van der Waals surface area contributed by atoms with E-state index in [9.17, 15) is 18.0 Å². The van der Waals surface area contributed by atoms with Crippen molar-refractivity contribution in [3.63, 3.8) is 0 Å². The molecule has 7 nitrogen and oxygen atoms in total. The number of hydrogen-bond acceptors (Lipinski definition) is 4. The molecule has 0 bridgehead atoms. The number of sulfonamides is 1. The molecule has 0 fully saturated rings. The van der Waals surface area contributed by atoms with Gasteiger partial charge in [-0.1, -0.05) is 38.1 Å². The van der Waals surface area contributed by atoms with Gasteiger partial charge in [0.05, 0.1) is 23.2 Å². The summed E-state index contributed by atoms with van der Waals surface area (Å²) in [4.78, 5) is 25.0. The van der Waals surface area contributed by atoms with Gasteiger partial charge in [-0.05, 0) is 55.5 Å². The fourth-order valence-electron chi connectivity index (χ4n) is 3.23. The third kappa shape index (κ3) is 7.37. The van der Waals surface area contributed by atoms with E-state index in [4.69, 9.17) is 0 Å². The lowest BCUT2D eigenvalue weighted by Gasteiger charge is -2.24. The van der Waals surface area contributed by atoms with Crippen LogP contribution in [-0.4, -0.2) is 39.6 Å². The molecule has 0 aliphatic rings. The average Bonchev–Trinajstić information content (AvgIpc) is 2.71. The van der Waals surface area contributed by atoms with E-state index in [1.54, 1.807) is 24.3 Å². The Labute approximate surface area is 191 Å². The van der Waals surface area contributed by atoms with Gasteiger partial charge in [0.2, 0.25) is 15.9 Å². The van der Waals surface area contributed by atoms with Crippen LogP contribution in [0.15, 0.2) is 42.5 Å². The Morgan fingerprint density at radius 1 is 1.06 bits per heavy atom. The highest BCUT2D eigenvalue weighted by atomic mass is 32.2. The molecule has 0 aliphatic carbocycles. The number of benzene rings is 2. The van der Waals surface area contributed by atoms with Gasteiger partial charge in [0.1, 0.15) is 0 Å². The van der Waals surface area contributed by atoms with Gasteiger partial charge in [-0.15, -0.1) is 0 Å². The maximum Gasteiger partial charge on any atom is 0.253 e. The number of carbonyl (C=O) groups is 2. The second kappa shape index (κ2) is 11.1. The van der Waals surface area contributed by atoms with Gasteiger partial charge in [0, 0.05) is 19.5 Å². The van der Waals surface area contributed by atoms with Crippen molar-refractivity contribution in [3.05, 3.63) is 59.2 Å². The van der Waals surface area contributed by atoms with Crippen LogP contribution < -0.4 is 14.9 Å². The number of anilines is 2. The van der Waals surface area contributed by atoms with Crippen LogP contribution in [0.1, 0.15) is 48.2 Å². The Morgan fingerprint density at radius 3 is 2.41 bits per heavy atom. The number of nitrogens with one attached hydrogen (secondary N) is 2. The first kappa shape index (κ1) is 25.4. The molecule has 0 saturated carbocycles. The normalized spacial score (nSPS) is 11.3. The molecule has 2 aromatic rings. The van der Waals surface area contributed by atoms with Crippen LogP contribution >= 0.6 is 0 Å². The quantitative estimate of drug-likeness (QED) is 0.564. The molecule has 2 amide bonds. The van der Waals surface area contributed by atoms with Crippen molar-refractivity contribution in [2.24, 2.45) is 5.92 Å². The van der Waals surface area contributed by atoms with Gasteiger partial charge in [-0.25, -0.2) is 8.42 Å². The fraction of sp³-hybridized carbons (Fsp3) is 0.417. The summed E-state index contributed by atoms with van der Waals surface area (Å²) in [5.74, 6) is -0.202. The minimum atomic E-state index is -3.50. The zero-order chi connectivity index (χ0) is 23.9. The SMILES string of the molecule is Cc1ccc(C)c(N(CCCC(=O)Nc2ccccc2C(=O)NCC(C)C)S(C)(=O)=O)c1. The van der Waals surface area contributed by atoms with Crippen molar-refractivity contribution in [1.82, 2.24) is 5.32 Å². The fourth-order valence-corrected chi connectivity index (χ4v) is 4.25. The van der Waals surface area contributed by atoms with Gasteiger partial charge in [0.15, 0.2) is 0 Å². The van der Waals surface area contributed by atoms with Gasteiger partial charge in [-0.3, -0.25) is 13.9 Å². The molecule has 0 aromatic heterocycles. The van der Waals surface area contributed by atoms with Crippen molar-refractivity contribution in [3.8, 4) is 0 Å². The predicted molar refractivity (Wildman–Crippen MR) is 130 cm³/mol. The van der Waals surface area contributed by atoms with E-state index in [0.717, 1.165) is 11.1 Å². The first-order valence-corrected chi connectivity index (χ1v) is 12.6. The first-order valence-electron chi connectivity index (χ1n) is 10.7. The topological polar surface area (TPSA) is 95.6 Å². The number of rotatable bonds is 10. The van der Waals surface area contributed by atoms with E-state index in [1.165, 1.54) is 10.6 Å². The minimum Gasteiger partial charge on any atom is -0.352 e. The first-order chi connectivity index (χ1) is 15.0. The summed E-state index contributed by atoms with van der Waals surface area (Å²) >= 11 is 0. The Morgan fingerprint density at radius 2 is 1.75 bits per heavy atom. The number of amides is 2. The van der Waals surface area contributed by atoms with Crippen molar-refractivity contribution >= 4 is 33.2 Å². The van der Waals surface area contributed by atoms with E-state index in [-0.39, 0.29) is 24.8 Å². The molecule has 0 aliphatic heterocycles. The molecule has 2 N–H and O–H groups in total. The van der Waals surface area contributed by atoms with Crippen LogP contribution in [0.4, 0.5) is 11.4 Å². The van der Waals surface area contributed by atoms with E-state index in [0.29, 0.717) is 35.8 Å². The zero-order valence-electron chi connectivity index (χ0n) is 19.4. The Balaban J connectivity index is 2.04. The third-order valence-corrected chi connectivity index (χ3v) is 6.10. The van der Waals surface area contributed by atoms with E-state index in [2.05, 4.69) is 10.6 Å². The largest absolute Gasteiger partial charge is 0.352 e. The lowest BCUT2D eigenvalue weighted by molar-refractivity contribution is -0.116. The monoisotopic (exact) mass is 459 g/mol. The smallest absolute Gasteiger partial charge is 0.253 e. The molecule has 0 unspecified atom stereocenters. The predicted octanol–water partition coefficient (Wildman–Crippen LogP) is 3.87. The van der Waals surface area contributed by atoms with Crippen LogP contribution in [-0.2, 0) is 14.8 Å². The van der Waals surface area contributed by atoms with Crippen LogP contribution in [0.25, 0.3) is 0 Å². The number of para-hydroxylation sites is 1. The highest BCUT2D eigenvalue weighted by Crippen LogP contribution is 2.24. The van der Waals surface area contributed by atoms with Gasteiger partial charge in [-0.2, -0.15) is 0 Å². The van der Waals surface area contributed by atoms with Crippen molar-refractivity contribution < 1.29 is 18.0 Å². The molecule has 0 heterocycles. The molecule has 0 spiro atoms. The second-order valence-corrected chi connectivity index (χ2v) is 10.3.